The van der Waals surface area contributed by atoms with Crippen molar-refractivity contribution in [3.63, 3.8) is 0 Å². The van der Waals surface area contributed by atoms with Gasteiger partial charge in [0.1, 0.15) is 0 Å². The maximum absolute atomic E-state index is 11.8. The first-order chi connectivity index (χ1) is 9.75. The van der Waals surface area contributed by atoms with E-state index < -0.39 is 18.7 Å². The number of rotatable bonds is 4. The summed E-state index contributed by atoms with van der Waals surface area (Å²) >= 11 is 0. The fraction of sp³-hybridized carbons (Fsp3) is 0.500. The Balaban J connectivity index is 2.79. The van der Waals surface area contributed by atoms with Gasteiger partial charge in [-0.05, 0) is 30.4 Å². The third-order valence-electron chi connectivity index (χ3n) is 2.93. The summed E-state index contributed by atoms with van der Waals surface area (Å²) in [4.78, 5) is 23.0. The zero-order chi connectivity index (χ0) is 16.0. The standard InChI is InChI=1S/C16H23NO4/c1-6-20-13(18)10-21-15(19)17-14-11(2)8-7-9-12(14)16(3,4)5/h7-9H,6,10H2,1-5H3,(H,17,19). The first-order valence-electron chi connectivity index (χ1n) is 6.95. The van der Waals surface area contributed by atoms with Gasteiger partial charge < -0.3 is 9.47 Å². The van der Waals surface area contributed by atoms with E-state index in [4.69, 9.17) is 9.47 Å². The first kappa shape index (κ1) is 17.0. The average Bonchev–Trinajstić information content (AvgIpc) is 2.38. The summed E-state index contributed by atoms with van der Waals surface area (Å²) in [5.41, 5.74) is 2.56. The lowest BCUT2D eigenvalue weighted by Crippen LogP contribution is -2.23. The molecule has 0 aliphatic rings. The first-order valence-corrected chi connectivity index (χ1v) is 6.95. The van der Waals surface area contributed by atoms with Gasteiger partial charge in [0.2, 0.25) is 0 Å². The second-order valence-corrected chi connectivity index (χ2v) is 5.75. The lowest BCUT2D eigenvalue weighted by molar-refractivity contribution is -0.146. The molecule has 0 bridgehead atoms. The minimum absolute atomic E-state index is 0.115. The van der Waals surface area contributed by atoms with Gasteiger partial charge in [-0.3, -0.25) is 5.32 Å². The van der Waals surface area contributed by atoms with Gasteiger partial charge >= 0.3 is 12.1 Å². The highest BCUT2D eigenvalue weighted by Gasteiger charge is 2.20. The Morgan fingerprint density at radius 2 is 1.86 bits per heavy atom. The molecule has 0 fully saturated rings. The number of hydrogen-bond donors (Lipinski definition) is 1. The van der Waals surface area contributed by atoms with Crippen molar-refractivity contribution in [2.75, 3.05) is 18.5 Å². The summed E-state index contributed by atoms with van der Waals surface area (Å²) in [5, 5.41) is 2.71. The number of anilines is 1. The summed E-state index contributed by atoms with van der Waals surface area (Å²) in [7, 11) is 0. The summed E-state index contributed by atoms with van der Waals surface area (Å²) < 4.78 is 9.56. The zero-order valence-corrected chi connectivity index (χ0v) is 13.3. The Morgan fingerprint density at radius 1 is 1.19 bits per heavy atom. The van der Waals surface area contributed by atoms with Crippen molar-refractivity contribution in [3.05, 3.63) is 29.3 Å². The molecule has 1 aromatic carbocycles. The quantitative estimate of drug-likeness (QED) is 0.864. The van der Waals surface area contributed by atoms with E-state index in [0.29, 0.717) is 0 Å². The molecule has 0 atom stereocenters. The van der Waals surface area contributed by atoms with Gasteiger partial charge in [-0.2, -0.15) is 0 Å². The number of aryl methyl sites for hydroxylation is 1. The molecule has 5 nitrogen and oxygen atoms in total. The highest BCUT2D eigenvalue weighted by atomic mass is 16.6. The maximum Gasteiger partial charge on any atom is 0.412 e. The van der Waals surface area contributed by atoms with Crippen molar-refractivity contribution >= 4 is 17.7 Å². The smallest absolute Gasteiger partial charge is 0.412 e. The Bertz CT molecular complexity index is 517. The topological polar surface area (TPSA) is 64.6 Å². The molecule has 0 saturated carbocycles. The predicted octanol–water partition coefficient (Wildman–Crippen LogP) is 3.40. The number of esters is 1. The molecule has 1 rings (SSSR count). The maximum atomic E-state index is 11.8. The number of carbonyl (C=O) groups excluding carboxylic acids is 2. The molecule has 0 heterocycles. The number of nitrogens with one attached hydrogen (secondary N) is 1. The van der Waals surface area contributed by atoms with Crippen LogP contribution in [-0.2, 0) is 19.7 Å². The molecular formula is C16H23NO4. The van der Waals surface area contributed by atoms with Gasteiger partial charge in [0.05, 0.1) is 12.3 Å². The minimum atomic E-state index is -0.664. The van der Waals surface area contributed by atoms with Crippen molar-refractivity contribution in [2.45, 2.75) is 40.0 Å². The molecule has 21 heavy (non-hydrogen) atoms. The lowest BCUT2D eigenvalue weighted by Gasteiger charge is -2.24. The normalized spacial score (nSPS) is 10.9. The Kier molecular flexibility index (Phi) is 5.76. The summed E-state index contributed by atoms with van der Waals surface area (Å²) in [5.74, 6) is -0.562. The molecule has 1 amide bonds. The van der Waals surface area contributed by atoms with E-state index in [9.17, 15) is 9.59 Å². The van der Waals surface area contributed by atoms with Gasteiger partial charge in [0, 0.05) is 0 Å². The summed E-state index contributed by atoms with van der Waals surface area (Å²) in [6.45, 7) is 9.67. The van der Waals surface area contributed by atoms with E-state index in [2.05, 4.69) is 26.1 Å². The van der Waals surface area contributed by atoms with Crippen molar-refractivity contribution in [1.29, 1.82) is 0 Å². The molecule has 0 radical (unpaired) electrons. The van der Waals surface area contributed by atoms with Crippen LogP contribution in [0.15, 0.2) is 18.2 Å². The van der Waals surface area contributed by atoms with E-state index in [0.717, 1.165) is 16.8 Å². The number of para-hydroxylation sites is 1. The van der Waals surface area contributed by atoms with Gasteiger partial charge in [-0.15, -0.1) is 0 Å². The molecule has 0 aliphatic heterocycles. The Hall–Kier alpha value is -2.04. The summed E-state index contributed by atoms with van der Waals surface area (Å²) in [6.07, 6.45) is -0.664. The number of amides is 1. The predicted molar refractivity (Wildman–Crippen MR) is 81.5 cm³/mol. The van der Waals surface area contributed by atoms with Crippen LogP contribution >= 0.6 is 0 Å². The van der Waals surface area contributed by atoms with E-state index in [-0.39, 0.29) is 12.0 Å². The fourth-order valence-corrected chi connectivity index (χ4v) is 1.92. The van der Waals surface area contributed by atoms with Gasteiger partial charge in [0.15, 0.2) is 6.61 Å². The van der Waals surface area contributed by atoms with Crippen LogP contribution in [0.2, 0.25) is 0 Å². The van der Waals surface area contributed by atoms with E-state index in [1.165, 1.54) is 0 Å². The summed E-state index contributed by atoms with van der Waals surface area (Å²) in [6, 6.07) is 5.83. The van der Waals surface area contributed by atoms with Gasteiger partial charge in [-0.1, -0.05) is 39.0 Å². The minimum Gasteiger partial charge on any atom is -0.463 e. The van der Waals surface area contributed by atoms with Crippen LogP contribution < -0.4 is 5.32 Å². The monoisotopic (exact) mass is 293 g/mol. The number of benzene rings is 1. The number of ether oxygens (including phenoxy) is 2. The van der Waals surface area contributed by atoms with Crippen LogP contribution in [0.25, 0.3) is 0 Å². The van der Waals surface area contributed by atoms with Crippen LogP contribution in [0.3, 0.4) is 0 Å². The van der Waals surface area contributed by atoms with E-state index >= 15 is 0 Å². The SMILES string of the molecule is CCOC(=O)COC(=O)Nc1c(C)cccc1C(C)(C)C. The molecule has 0 aliphatic carbocycles. The molecule has 0 saturated heterocycles. The van der Waals surface area contributed by atoms with Crippen LogP contribution in [-0.4, -0.2) is 25.3 Å². The Morgan fingerprint density at radius 3 is 2.43 bits per heavy atom. The fourth-order valence-electron chi connectivity index (χ4n) is 1.92. The molecule has 1 N–H and O–H groups in total. The van der Waals surface area contributed by atoms with E-state index in [1.54, 1.807) is 6.92 Å². The molecular weight excluding hydrogens is 270 g/mol. The van der Waals surface area contributed by atoms with Crippen molar-refractivity contribution in [1.82, 2.24) is 0 Å². The third-order valence-corrected chi connectivity index (χ3v) is 2.93. The third kappa shape index (κ3) is 5.10. The van der Waals surface area contributed by atoms with Crippen molar-refractivity contribution in [2.24, 2.45) is 0 Å². The molecule has 0 aromatic heterocycles. The second-order valence-electron chi connectivity index (χ2n) is 5.75. The van der Waals surface area contributed by atoms with Crippen molar-refractivity contribution < 1.29 is 19.1 Å². The largest absolute Gasteiger partial charge is 0.463 e. The molecule has 1 aromatic rings. The van der Waals surface area contributed by atoms with Crippen molar-refractivity contribution in [3.8, 4) is 0 Å². The number of hydrogen-bond acceptors (Lipinski definition) is 4. The molecule has 5 heteroatoms. The van der Waals surface area contributed by atoms with Crippen LogP contribution in [0.1, 0.15) is 38.8 Å². The van der Waals surface area contributed by atoms with Crippen LogP contribution in [0, 0.1) is 6.92 Å². The van der Waals surface area contributed by atoms with E-state index in [1.807, 2.05) is 25.1 Å². The highest BCUT2D eigenvalue weighted by molar-refractivity contribution is 5.88. The zero-order valence-electron chi connectivity index (χ0n) is 13.3. The van der Waals surface area contributed by atoms with Gasteiger partial charge in [-0.25, -0.2) is 9.59 Å². The molecule has 116 valence electrons. The highest BCUT2D eigenvalue weighted by Crippen LogP contribution is 2.31. The van der Waals surface area contributed by atoms with Crippen LogP contribution in [0.4, 0.5) is 10.5 Å². The Labute approximate surface area is 125 Å². The average molecular weight is 293 g/mol. The second kappa shape index (κ2) is 7.11. The van der Waals surface area contributed by atoms with Gasteiger partial charge in [0.25, 0.3) is 0 Å². The van der Waals surface area contributed by atoms with Crippen LogP contribution in [0.5, 0.6) is 0 Å². The molecule has 0 spiro atoms. The lowest BCUT2D eigenvalue weighted by atomic mass is 9.84. The number of carbonyl (C=O) groups is 2. The molecule has 0 unspecified atom stereocenters.